The highest BCUT2D eigenvalue weighted by Crippen LogP contribution is 2.44. The fourth-order valence-electron chi connectivity index (χ4n) is 3.36. The Bertz CT molecular complexity index is 724. The molecule has 2 fully saturated rings. The van der Waals surface area contributed by atoms with Crippen LogP contribution in [-0.4, -0.2) is 34.7 Å². The van der Waals surface area contributed by atoms with Gasteiger partial charge < -0.3 is 16.0 Å². The Labute approximate surface area is 141 Å². The van der Waals surface area contributed by atoms with Gasteiger partial charge in [0.2, 0.25) is 17.7 Å². The third-order valence-corrected chi connectivity index (χ3v) is 4.83. The van der Waals surface area contributed by atoms with E-state index in [0.717, 1.165) is 12.1 Å². The zero-order valence-electron chi connectivity index (χ0n) is 13.1. The number of carbonyl (C=O) groups is 3. The lowest BCUT2D eigenvalue weighted by Gasteiger charge is -2.53. The van der Waals surface area contributed by atoms with Gasteiger partial charge in [-0.2, -0.15) is 13.2 Å². The van der Waals surface area contributed by atoms with Gasteiger partial charge in [0.1, 0.15) is 5.54 Å². The second-order valence-electron chi connectivity index (χ2n) is 6.40. The Morgan fingerprint density at radius 3 is 2.36 bits per heavy atom. The van der Waals surface area contributed by atoms with Crippen LogP contribution in [0.1, 0.15) is 24.0 Å². The van der Waals surface area contributed by atoms with Crippen LogP contribution in [0.4, 0.5) is 13.2 Å². The molecule has 1 spiro atoms. The largest absolute Gasteiger partial charge is 0.416 e. The Morgan fingerprint density at radius 2 is 1.84 bits per heavy atom. The van der Waals surface area contributed by atoms with E-state index >= 15 is 0 Å². The number of carbonyl (C=O) groups excluding carboxylic acids is 3. The van der Waals surface area contributed by atoms with Crippen LogP contribution in [0.5, 0.6) is 0 Å². The highest BCUT2D eigenvalue weighted by Gasteiger charge is 2.59. The van der Waals surface area contributed by atoms with E-state index in [9.17, 15) is 27.6 Å². The number of nitrogens with zero attached hydrogens (tertiary/aromatic N) is 1. The summed E-state index contributed by atoms with van der Waals surface area (Å²) >= 11 is 0. The minimum atomic E-state index is -4.44. The molecule has 0 aromatic heterocycles. The predicted octanol–water partition coefficient (Wildman–Crippen LogP) is 0.798. The van der Waals surface area contributed by atoms with Crippen LogP contribution in [0.2, 0.25) is 0 Å². The van der Waals surface area contributed by atoms with Crippen molar-refractivity contribution in [3.63, 3.8) is 0 Å². The fourth-order valence-corrected chi connectivity index (χ4v) is 3.36. The van der Waals surface area contributed by atoms with Crippen LogP contribution in [0, 0.1) is 5.92 Å². The van der Waals surface area contributed by atoms with Crippen molar-refractivity contribution >= 4 is 17.7 Å². The van der Waals surface area contributed by atoms with Crippen LogP contribution in [0.3, 0.4) is 0 Å². The molecule has 6 nitrogen and oxygen atoms in total. The molecule has 0 radical (unpaired) electrons. The monoisotopic (exact) mass is 355 g/mol. The lowest BCUT2D eigenvalue weighted by atomic mass is 9.65. The summed E-state index contributed by atoms with van der Waals surface area (Å²) in [5.74, 6) is -1.74. The molecule has 1 aliphatic carbocycles. The number of piperazine rings is 1. The van der Waals surface area contributed by atoms with E-state index in [1.54, 1.807) is 0 Å². The zero-order valence-corrected chi connectivity index (χ0v) is 13.1. The maximum absolute atomic E-state index is 12.6. The number of nitrogens with two attached hydrogens (primary N) is 1. The number of rotatable bonds is 3. The molecule has 0 unspecified atom stereocenters. The van der Waals surface area contributed by atoms with Crippen molar-refractivity contribution in [1.82, 2.24) is 10.2 Å². The van der Waals surface area contributed by atoms with Gasteiger partial charge in [-0.05, 0) is 30.5 Å². The first kappa shape index (κ1) is 17.2. The zero-order chi connectivity index (χ0) is 18.4. The number of hydrogen-bond acceptors (Lipinski definition) is 3. The van der Waals surface area contributed by atoms with Crippen molar-refractivity contribution in [3.05, 3.63) is 35.4 Å². The van der Waals surface area contributed by atoms with Crippen molar-refractivity contribution in [1.29, 1.82) is 0 Å². The average molecular weight is 355 g/mol. The molecule has 9 heteroatoms. The van der Waals surface area contributed by atoms with Crippen LogP contribution in [-0.2, 0) is 27.1 Å². The molecule has 1 aromatic rings. The summed E-state index contributed by atoms with van der Waals surface area (Å²) in [7, 11) is 0. The van der Waals surface area contributed by atoms with E-state index in [1.165, 1.54) is 17.0 Å². The highest BCUT2D eigenvalue weighted by molar-refractivity contribution is 6.00. The number of benzene rings is 1. The Kier molecular flexibility index (Phi) is 3.97. The van der Waals surface area contributed by atoms with Crippen LogP contribution >= 0.6 is 0 Å². The molecule has 1 heterocycles. The second-order valence-corrected chi connectivity index (χ2v) is 6.40. The van der Waals surface area contributed by atoms with Crippen LogP contribution in [0.25, 0.3) is 0 Å². The van der Waals surface area contributed by atoms with Gasteiger partial charge >= 0.3 is 6.18 Å². The normalized spacial score (nSPS) is 26.4. The Balaban J connectivity index is 1.82. The van der Waals surface area contributed by atoms with Crippen molar-refractivity contribution in [2.75, 3.05) is 6.54 Å². The summed E-state index contributed by atoms with van der Waals surface area (Å²) in [4.78, 5) is 37.2. The van der Waals surface area contributed by atoms with Crippen molar-refractivity contribution < 1.29 is 27.6 Å². The summed E-state index contributed by atoms with van der Waals surface area (Å²) in [6, 6.07) is 4.42. The molecule has 1 saturated carbocycles. The summed E-state index contributed by atoms with van der Waals surface area (Å²) in [6.45, 7) is -0.182. The molecule has 1 aromatic carbocycles. The van der Waals surface area contributed by atoms with Crippen molar-refractivity contribution in [3.8, 4) is 0 Å². The van der Waals surface area contributed by atoms with Gasteiger partial charge in [-0.3, -0.25) is 14.4 Å². The van der Waals surface area contributed by atoms with Crippen molar-refractivity contribution in [2.45, 2.75) is 31.1 Å². The maximum Gasteiger partial charge on any atom is 0.416 e. The molecule has 0 bridgehead atoms. The van der Waals surface area contributed by atoms with Gasteiger partial charge in [-0.15, -0.1) is 0 Å². The Morgan fingerprint density at radius 1 is 1.24 bits per heavy atom. The van der Waals surface area contributed by atoms with Gasteiger partial charge in [-0.25, -0.2) is 0 Å². The number of alkyl halides is 3. The van der Waals surface area contributed by atoms with E-state index in [1.807, 2.05) is 0 Å². The predicted molar refractivity (Wildman–Crippen MR) is 79.7 cm³/mol. The fraction of sp³-hybridized carbons (Fsp3) is 0.438. The van der Waals surface area contributed by atoms with E-state index in [2.05, 4.69) is 5.32 Å². The smallest absolute Gasteiger partial charge is 0.369 e. The summed E-state index contributed by atoms with van der Waals surface area (Å²) in [5.41, 5.74) is 3.77. The van der Waals surface area contributed by atoms with Gasteiger partial charge in [0.15, 0.2) is 0 Å². The van der Waals surface area contributed by atoms with E-state index < -0.39 is 29.1 Å². The quantitative estimate of drug-likeness (QED) is 0.840. The number of primary amides is 1. The SMILES string of the molecule is NC(=O)C1CC2(C1)C(=O)NCC(=O)N2Cc1ccc(C(F)(F)F)cc1. The molecule has 1 saturated heterocycles. The third kappa shape index (κ3) is 2.94. The molecule has 2 aliphatic rings. The third-order valence-electron chi connectivity index (χ3n) is 4.83. The average Bonchev–Trinajstić information content (AvgIpc) is 2.48. The molecular formula is C16H16F3N3O3. The van der Waals surface area contributed by atoms with Crippen LogP contribution in [0.15, 0.2) is 24.3 Å². The second kappa shape index (κ2) is 5.75. The van der Waals surface area contributed by atoms with E-state index in [0.29, 0.717) is 5.56 Å². The molecule has 3 amide bonds. The van der Waals surface area contributed by atoms with Crippen molar-refractivity contribution in [2.24, 2.45) is 11.7 Å². The van der Waals surface area contributed by atoms with Gasteiger partial charge in [0.05, 0.1) is 12.1 Å². The summed E-state index contributed by atoms with van der Waals surface area (Å²) in [6.07, 6.45) is -4.19. The van der Waals surface area contributed by atoms with Gasteiger partial charge in [0, 0.05) is 12.5 Å². The van der Waals surface area contributed by atoms with E-state index in [-0.39, 0.29) is 37.7 Å². The topological polar surface area (TPSA) is 92.5 Å². The maximum atomic E-state index is 12.6. The number of hydrogen-bond donors (Lipinski definition) is 2. The molecular weight excluding hydrogens is 339 g/mol. The van der Waals surface area contributed by atoms with Crippen LogP contribution < -0.4 is 11.1 Å². The molecule has 3 N–H and O–H groups in total. The minimum Gasteiger partial charge on any atom is -0.369 e. The Hall–Kier alpha value is -2.58. The first-order valence-electron chi connectivity index (χ1n) is 7.68. The standard InChI is InChI=1S/C16H16F3N3O3/c17-16(18,19)11-3-1-9(2-4-11)8-22-12(23)7-21-14(25)15(22)5-10(6-15)13(20)24/h1-4,10H,5-8H2,(H2,20,24)(H,21,25). The summed E-state index contributed by atoms with van der Waals surface area (Å²) < 4.78 is 37.9. The highest BCUT2D eigenvalue weighted by atomic mass is 19.4. The van der Waals surface area contributed by atoms with E-state index in [4.69, 9.17) is 5.73 Å². The molecule has 3 rings (SSSR count). The first-order chi connectivity index (χ1) is 11.6. The number of amides is 3. The van der Waals surface area contributed by atoms with Gasteiger partial charge in [0.25, 0.3) is 0 Å². The molecule has 0 atom stereocenters. The van der Waals surface area contributed by atoms with Gasteiger partial charge in [-0.1, -0.05) is 12.1 Å². The molecule has 25 heavy (non-hydrogen) atoms. The first-order valence-corrected chi connectivity index (χ1v) is 7.68. The number of nitrogens with one attached hydrogen (secondary N) is 1. The molecule has 1 aliphatic heterocycles. The summed E-state index contributed by atoms with van der Waals surface area (Å²) in [5, 5.41) is 2.50. The lowest BCUT2D eigenvalue weighted by Crippen LogP contribution is -2.72. The number of halogens is 3. The lowest BCUT2D eigenvalue weighted by molar-refractivity contribution is -0.167. The molecule has 134 valence electrons. The minimum absolute atomic E-state index is 0.00409.